The predicted octanol–water partition coefficient (Wildman–Crippen LogP) is 0.0845. The van der Waals surface area contributed by atoms with Gasteiger partial charge in [-0.3, -0.25) is 4.79 Å². The third-order valence-electron chi connectivity index (χ3n) is 4.64. The van der Waals surface area contributed by atoms with Crippen LogP contribution in [0.25, 0.3) is 5.65 Å². The molecule has 0 saturated carbocycles. The Morgan fingerprint density at radius 1 is 1.28 bits per heavy atom. The Hall–Kier alpha value is -2.84. The fraction of sp³-hybridized carbons (Fsp3) is 0.500. The second-order valence-electron chi connectivity index (χ2n) is 6.28. The molecular weight excluding hydrogens is 322 g/mol. The van der Waals surface area contributed by atoms with Gasteiger partial charge in [0.05, 0.1) is 6.20 Å². The van der Waals surface area contributed by atoms with Gasteiger partial charge in [0, 0.05) is 45.5 Å². The summed E-state index contributed by atoms with van der Waals surface area (Å²) in [6, 6.07) is 1.85. The summed E-state index contributed by atoms with van der Waals surface area (Å²) in [6.07, 6.45) is 5.71. The first-order chi connectivity index (χ1) is 12.2. The second kappa shape index (κ2) is 6.58. The molecule has 0 aromatic carbocycles. The molecule has 0 aliphatic carbocycles. The summed E-state index contributed by atoms with van der Waals surface area (Å²) in [4.78, 5) is 32.5. The number of nitrogens with zero attached hydrogens (tertiary/aromatic N) is 5. The van der Waals surface area contributed by atoms with E-state index in [1.165, 1.54) is 19.0 Å². The molecule has 0 radical (unpaired) electrons. The molecule has 0 unspecified atom stereocenters. The van der Waals surface area contributed by atoms with Crippen molar-refractivity contribution in [2.45, 2.75) is 12.8 Å². The Labute approximate surface area is 145 Å². The molecule has 2 aliphatic heterocycles. The Balaban J connectivity index is 1.45. The van der Waals surface area contributed by atoms with E-state index in [-0.39, 0.29) is 11.9 Å². The molecule has 9 heteroatoms. The van der Waals surface area contributed by atoms with Crippen LogP contribution in [-0.2, 0) is 0 Å². The van der Waals surface area contributed by atoms with Crippen molar-refractivity contribution >= 4 is 23.4 Å². The quantitative estimate of drug-likeness (QED) is 0.802. The number of carbonyl (C=O) groups is 2. The molecule has 4 rings (SSSR count). The summed E-state index contributed by atoms with van der Waals surface area (Å²) in [6.45, 7) is 4.21. The minimum atomic E-state index is -0.222. The van der Waals surface area contributed by atoms with Crippen LogP contribution in [-0.4, -0.2) is 70.7 Å². The van der Waals surface area contributed by atoms with Crippen LogP contribution in [0.15, 0.2) is 18.5 Å². The molecule has 132 valence electrons. The number of fused-ring (bicyclic) bond motifs is 1. The van der Waals surface area contributed by atoms with E-state index in [0.717, 1.165) is 18.9 Å². The van der Waals surface area contributed by atoms with Gasteiger partial charge >= 0.3 is 6.03 Å². The molecule has 0 bridgehead atoms. The number of nitrogens with one attached hydrogen (secondary N) is 2. The average Bonchev–Trinajstić information content (AvgIpc) is 3.35. The zero-order valence-electron chi connectivity index (χ0n) is 13.9. The van der Waals surface area contributed by atoms with Crippen LogP contribution in [0.4, 0.5) is 10.6 Å². The standard InChI is InChI=1S/C16H21N7O2/c24-15(17-4-9-22-10-5-18-16(22)25)12-11-19-23-8-3-13(20-14(12)23)21-6-1-2-7-21/h3,8,11H,1-2,4-7,9-10H2,(H,17,24)(H,18,25). The third kappa shape index (κ3) is 3.09. The van der Waals surface area contributed by atoms with Crippen molar-refractivity contribution < 1.29 is 9.59 Å². The second-order valence-corrected chi connectivity index (χ2v) is 6.28. The van der Waals surface area contributed by atoms with Gasteiger partial charge < -0.3 is 20.4 Å². The topological polar surface area (TPSA) is 94.9 Å². The molecule has 3 amide bonds. The lowest BCUT2D eigenvalue weighted by Gasteiger charge is -2.16. The zero-order chi connectivity index (χ0) is 17.2. The van der Waals surface area contributed by atoms with Crippen LogP contribution in [0, 0.1) is 0 Å². The van der Waals surface area contributed by atoms with Crippen molar-refractivity contribution in [3.05, 3.63) is 24.0 Å². The fourth-order valence-electron chi connectivity index (χ4n) is 3.27. The van der Waals surface area contributed by atoms with Crippen molar-refractivity contribution in [3.8, 4) is 0 Å². The van der Waals surface area contributed by atoms with Crippen molar-refractivity contribution in [1.29, 1.82) is 0 Å². The molecular formula is C16H21N7O2. The normalized spacial score (nSPS) is 17.4. The first-order valence-electron chi connectivity index (χ1n) is 8.63. The third-order valence-corrected chi connectivity index (χ3v) is 4.64. The molecule has 2 aromatic rings. The highest BCUT2D eigenvalue weighted by Crippen LogP contribution is 2.19. The molecule has 4 heterocycles. The lowest BCUT2D eigenvalue weighted by molar-refractivity contribution is 0.0951. The van der Waals surface area contributed by atoms with Crippen LogP contribution in [0.3, 0.4) is 0 Å². The lowest BCUT2D eigenvalue weighted by atomic mass is 10.3. The number of aromatic nitrogens is 3. The van der Waals surface area contributed by atoms with E-state index in [4.69, 9.17) is 0 Å². The summed E-state index contributed by atoms with van der Waals surface area (Å²) in [7, 11) is 0. The van der Waals surface area contributed by atoms with Gasteiger partial charge in [-0.1, -0.05) is 0 Å². The van der Waals surface area contributed by atoms with Crippen LogP contribution in [0.5, 0.6) is 0 Å². The van der Waals surface area contributed by atoms with Crippen molar-refractivity contribution in [2.24, 2.45) is 0 Å². The van der Waals surface area contributed by atoms with Gasteiger partial charge in [-0.15, -0.1) is 0 Å². The number of carbonyl (C=O) groups excluding carboxylic acids is 2. The summed E-state index contributed by atoms with van der Waals surface area (Å²) in [5, 5.41) is 9.79. The van der Waals surface area contributed by atoms with E-state index in [2.05, 4.69) is 25.6 Å². The molecule has 2 N–H and O–H groups in total. The summed E-state index contributed by atoms with van der Waals surface area (Å²) >= 11 is 0. The van der Waals surface area contributed by atoms with Gasteiger partial charge in [0.1, 0.15) is 11.4 Å². The van der Waals surface area contributed by atoms with Crippen LogP contribution >= 0.6 is 0 Å². The SMILES string of the molecule is O=C(NCCN1CCNC1=O)c1cnn2ccc(N3CCCC3)nc12. The number of urea groups is 1. The summed E-state index contributed by atoms with van der Waals surface area (Å²) in [5.41, 5.74) is 1.01. The minimum Gasteiger partial charge on any atom is -0.357 e. The molecule has 2 fully saturated rings. The number of rotatable bonds is 5. The van der Waals surface area contributed by atoms with Gasteiger partial charge in [-0.05, 0) is 18.9 Å². The Morgan fingerprint density at radius 3 is 2.88 bits per heavy atom. The van der Waals surface area contributed by atoms with Crippen LogP contribution in [0.1, 0.15) is 23.2 Å². The molecule has 2 saturated heterocycles. The Bertz CT molecular complexity index is 797. The predicted molar refractivity (Wildman–Crippen MR) is 91.7 cm³/mol. The maximum absolute atomic E-state index is 12.5. The van der Waals surface area contributed by atoms with E-state index >= 15 is 0 Å². The molecule has 2 aromatic heterocycles. The highest BCUT2D eigenvalue weighted by Gasteiger charge is 2.20. The minimum absolute atomic E-state index is 0.0813. The van der Waals surface area contributed by atoms with E-state index in [1.807, 2.05) is 12.3 Å². The van der Waals surface area contributed by atoms with Crippen molar-refractivity contribution in [1.82, 2.24) is 30.1 Å². The lowest BCUT2D eigenvalue weighted by Crippen LogP contribution is -2.36. The fourth-order valence-corrected chi connectivity index (χ4v) is 3.27. The molecule has 25 heavy (non-hydrogen) atoms. The monoisotopic (exact) mass is 343 g/mol. The Morgan fingerprint density at radius 2 is 2.12 bits per heavy atom. The van der Waals surface area contributed by atoms with E-state index in [9.17, 15) is 9.59 Å². The van der Waals surface area contributed by atoms with Crippen molar-refractivity contribution in [2.75, 3.05) is 44.2 Å². The molecule has 2 aliphatic rings. The van der Waals surface area contributed by atoms with Crippen LogP contribution < -0.4 is 15.5 Å². The summed E-state index contributed by atoms with van der Waals surface area (Å²) < 4.78 is 1.61. The number of anilines is 1. The van der Waals surface area contributed by atoms with Gasteiger partial charge in [-0.2, -0.15) is 5.10 Å². The average molecular weight is 343 g/mol. The molecule has 0 spiro atoms. The molecule has 9 nitrogen and oxygen atoms in total. The van der Waals surface area contributed by atoms with Gasteiger partial charge in [0.25, 0.3) is 5.91 Å². The van der Waals surface area contributed by atoms with Crippen molar-refractivity contribution in [3.63, 3.8) is 0 Å². The zero-order valence-corrected chi connectivity index (χ0v) is 13.9. The number of hydrogen-bond acceptors (Lipinski definition) is 5. The van der Waals surface area contributed by atoms with Gasteiger partial charge in [0.15, 0.2) is 5.65 Å². The molecule has 0 atom stereocenters. The van der Waals surface area contributed by atoms with Crippen LogP contribution in [0.2, 0.25) is 0 Å². The van der Waals surface area contributed by atoms with Gasteiger partial charge in [-0.25, -0.2) is 14.3 Å². The summed E-state index contributed by atoms with van der Waals surface area (Å²) in [5.74, 6) is 0.661. The largest absolute Gasteiger partial charge is 0.357 e. The van der Waals surface area contributed by atoms with E-state index in [0.29, 0.717) is 37.4 Å². The smallest absolute Gasteiger partial charge is 0.317 e. The van der Waals surface area contributed by atoms with E-state index < -0.39 is 0 Å². The number of hydrogen-bond donors (Lipinski definition) is 2. The maximum Gasteiger partial charge on any atom is 0.317 e. The Kier molecular flexibility index (Phi) is 4.12. The maximum atomic E-state index is 12.5. The first kappa shape index (κ1) is 15.7. The number of amides is 3. The van der Waals surface area contributed by atoms with Gasteiger partial charge in [0.2, 0.25) is 0 Å². The highest BCUT2D eigenvalue weighted by atomic mass is 16.2. The highest BCUT2D eigenvalue weighted by molar-refractivity contribution is 5.99. The first-order valence-corrected chi connectivity index (χ1v) is 8.63. The van der Waals surface area contributed by atoms with E-state index in [1.54, 1.807) is 9.42 Å².